The first-order chi connectivity index (χ1) is 9.22. The van der Waals surface area contributed by atoms with Crippen LogP contribution in [0, 0.1) is 13.8 Å². The number of hydrogen-bond acceptors (Lipinski definition) is 6. The van der Waals surface area contributed by atoms with E-state index in [1.807, 2.05) is 18.5 Å². The van der Waals surface area contributed by atoms with Gasteiger partial charge >= 0.3 is 0 Å². The van der Waals surface area contributed by atoms with E-state index in [4.69, 9.17) is 9.26 Å². The molecular formula is C12H19N5O2. The highest BCUT2D eigenvalue weighted by atomic mass is 16.5. The summed E-state index contributed by atoms with van der Waals surface area (Å²) in [6.45, 7) is 6.90. The summed E-state index contributed by atoms with van der Waals surface area (Å²) in [6, 6.07) is 0. The highest BCUT2D eigenvalue weighted by Gasteiger charge is 2.12. The maximum atomic E-state index is 5.01. The van der Waals surface area contributed by atoms with Crippen molar-refractivity contribution in [2.24, 2.45) is 0 Å². The Balaban J connectivity index is 2.02. The van der Waals surface area contributed by atoms with E-state index in [0.29, 0.717) is 19.0 Å². The molecule has 1 N–H and O–H groups in total. The Morgan fingerprint density at radius 1 is 1.42 bits per heavy atom. The van der Waals surface area contributed by atoms with Crippen LogP contribution in [0.25, 0.3) is 0 Å². The highest BCUT2D eigenvalue weighted by Crippen LogP contribution is 2.13. The lowest BCUT2D eigenvalue weighted by atomic mass is 10.2. The van der Waals surface area contributed by atoms with Crippen LogP contribution in [0.3, 0.4) is 0 Å². The Hall–Kier alpha value is -1.73. The fraction of sp³-hybridized carbons (Fsp3) is 0.583. The Morgan fingerprint density at radius 3 is 2.95 bits per heavy atom. The van der Waals surface area contributed by atoms with Crippen LogP contribution < -0.4 is 5.32 Å². The van der Waals surface area contributed by atoms with Crippen molar-refractivity contribution < 1.29 is 9.26 Å². The van der Waals surface area contributed by atoms with E-state index < -0.39 is 0 Å². The minimum absolute atomic E-state index is 0.529. The molecule has 0 radical (unpaired) electrons. The van der Waals surface area contributed by atoms with Gasteiger partial charge in [0.05, 0.1) is 12.3 Å². The molecule has 2 heterocycles. The second kappa shape index (κ2) is 6.44. The van der Waals surface area contributed by atoms with E-state index in [1.165, 1.54) is 12.0 Å². The largest absolute Gasteiger partial charge is 0.383 e. The normalized spacial score (nSPS) is 11.1. The first kappa shape index (κ1) is 13.7. The molecule has 0 fully saturated rings. The molecule has 0 bridgehead atoms. The van der Waals surface area contributed by atoms with Gasteiger partial charge in [-0.25, -0.2) is 0 Å². The Bertz CT molecular complexity index is 506. The lowest BCUT2D eigenvalue weighted by Gasteiger charge is -2.05. The van der Waals surface area contributed by atoms with E-state index in [-0.39, 0.29) is 0 Å². The second-order valence-electron chi connectivity index (χ2n) is 4.32. The predicted molar refractivity (Wildman–Crippen MR) is 68.7 cm³/mol. The Morgan fingerprint density at radius 2 is 2.26 bits per heavy atom. The number of hydrogen-bond donors (Lipinski definition) is 1. The van der Waals surface area contributed by atoms with Gasteiger partial charge in [-0.2, -0.15) is 10.1 Å². The number of aryl methyl sites for hydroxylation is 1. The van der Waals surface area contributed by atoms with Crippen molar-refractivity contribution in [1.29, 1.82) is 0 Å². The molecule has 0 aliphatic rings. The minimum atomic E-state index is 0.529. The van der Waals surface area contributed by atoms with E-state index >= 15 is 0 Å². The number of ether oxygens (including phenoxy) is 1. The van der Waals surface area contributed by atoms with E-state index in [2.05, 4.69) is 20.6 Å². The monoisotopic (exact) mass is 265 g/mol. The van der Waals surface area contributed by atoms with Crippen molar-refractivity contribution in [3.63, 3.8) is 0 Å². The molecule has 2 rings (SSSR count). The number of methoxy groups -OCH3 is 1. The third kappa shape index (κ3) is 3.39. The summed E-state index contributed by atoms with van der Waals surface area (Å²) in [6.07, 6.45) is 1.33. The molecule has 2 aromatic rings. The van der Waals surface area contributed by atoms with Crippen LogP contribution in [0.1, 0.15) is 22.8 Å². The molecule has 0 aliphatic carbocycles. The van der Waals surface area contributed by atoms with Gasteiger partial charge in [-0.05, 0) is 13.8 Å². The highest BCUT2D eigenvalue weighted by molar-refractivity contribution is 5.24. The predicted octanol–water partition coefficient (Wildman–Crippen LogP) is 0.667. The Kier molecular flexibility index (Phi) is 4.64. The molecule has 0 atom stereocenters. The van der Waals surface area contributed by atoms with Gasteiger partial charge in [-0.15, -0.1) is 0 Å². The number of nitrogens with one attached hydrogen (secondary N) is 1. The van der Waals surface area contributed by atoms with Gasteiger partial charge < -0.3 is 14.6 Å². The van der Waals surface area contributed by atoms with Crippen molar-refractivity contribution in [2.75, 3.05) is 20.3 Å². The minimum Gasteiger partial charge on any atom is -0.383 e. The van der Waals surface area contributed by atoms with Crippen LogP contribution >= 0.6 is 0 Å². The lowest BCUT2D eigenvalue weighted by Crippen LogP contribution is -2.19. The molecule has 19 heavy (non-hydrogen) atoms. The first-order valence-corrected chi connectivity index (χ1v) is 6.20. The van der Waals surface area contributed by atoms with Crippen LogP contribution in [0.5, 0.6) is 0 Å². The molecule has 0 saturated carbocycles. The van der Waals surface area contributed by atoms with Crippen LogP contribution in [-0.2, 0) is 17.8 Å². The summed E-state index contributed by atoms with van der Waals surface area (Å²) in [5, 5.41) is 11.6. The van der Waals surface area contributed by atoms with E-state index in [9.17, 15) is 0 Å². The number of aromatic nitrogens is 4. The summed E-state index contributed by atoms with van der Waals surface area (Å²) in [7, 11) is 1.70. The molecule has 0 spiro atoms. The standard InChI is InChI=1S/C12H19N5O2/c1-9-11(6-13-4-5-18-3)10(2)17(15-9)7-12-14-8-19-16-12/h8,13H,4-7H2,1-3H3. The number of nitrogens with zero attached hydrogens (tertiary/aromatic N) is 4. The van der Waals surface area contributed by atoms with Gasteiger partial charge in [0.15, 0.2) is 5.82 Å². The average molecular weight is 265 g/mol. The van der Waals surface area contributed by atoms with Gasteiger partial charge in [0.1, 0.15) is 6.54 Å². The second-order valence-corrected chi connectivity index (χ2v) is 4.32. The molecule has 0 aliphatic heterocycles. The van der Waals surface area contributed by atoms with Crippen LogP contribution in [0.4, 0.5) is 0 Å². The molecule has 104 valence electrons. The van der Waals surface area contributed by atoms with Crippen molar-refractivity contribution in [3.8, 4) is 0 Å². The van der Waals surface area contributed by atoms with Crippen LogP contribution in [0.15, 0.2) is 10.9 Å². The van der Waals surface area contributed by atoms with Crippen molar-refractivity contribution in [2.45, 2.75) is 26.9 Å². The molecule has 7 heteroatoms. The topological polar surface area (TPSA) is 78.0 Å². The van der Waals surface area contributed by atoms with Gasteiger partial charge in [0.25, 0.3) is 0 Å². The van der Waals surface area contributed by atoms with E-state index in [1.54, 1.807) is 7.11 Å². The molecule has 7 nitrogen and oxygen atoms in total. The molecule has 0 saturated heterocycles. The maximum absolute atomic E-state index is 5.01. The zero-order valence-electron chi connectivity index (χ0n) is 11.5. The quantitative estimate of drug-likeness (QED) is 0.741. The zero-order valence-corrected chi connectivity index (χ0v) is 11.5. The first-order valence-electron chi connectivity index (χ1n) is 6.20. The molecule has 2 aromatic heterocycles. The molecular weight excluding hydrogens is 246 g/mol. The summed E-state index contributed by atoms with van der Waals surface area (Å²) in [4.78, 5) is 4.01. The van der Waals surface area contributed by atoms with Gasteiger partial charge in [-0.1, -0.05) is 5.16 Å². The molecule has 0 aromatic carbocycles. The Labute approximate surface area is 111 Å². The van der Waals surface area contributed by atoms with Crippen molar-refractivity contribution in [1.82, 2.24) is 25.2 Å². The third-order valence-electron chi connectivity index (χ3n) is 3.01. The fourth-order valence-electron chi connectivity index (χ4n) is 1.93. The average Bonchev–Trinajstić information content (AvgIpc) is 2.98. The van der Waals surface area contributed by atoms with E-state index in [0.717, 1.165) is 24.5 Å². The van der Waals surface area contributed by atoms with Crippen molar-refractivity contribution in [3.05, 3.63) is 29.2 Å². The van der Waals surface area contributed by atoms with Gasteiger partial charge in [0, 0.05) is 31.5 Å². The maximum Gasteiger partial charge on any atom is 0.213 e. The third-order valence-corrected chi connectivity index (χ3v) is 3.01. The van der Waals surface area contributed by atoms with Gasteiger partial charge in [0.2, 0.25) is 6.39 Å². The lowest BCUT2D eigenvalue weighted by molar-refractivity contribution is 0.199. The summed E-state index contributed by atoms with van der Waals surface area (Å²) >= 11 is 0. The zero-order chi connectivity index (χ0) is 13.7. The molecule has 0 amide bonds. The van der Waals surface area contributed by atoms with Gasteiger partial charge in [-0.3, -0.25) is 4.68 Å². The summed E-state index contributed by atoms with van der Waals surface area (Å²) in [5.41, 5.74) is 3.35. The fourth-order valence-corrected chi connectivity index (χ4v) is 1.93. The molecule has 0 unspecified atom stereocenters. The number of rotatable bonds is 7. The SMILES string of the molecule is COCCNCc1c(C)nn(Cc2ncon2)c1C. The summed E-state index contributed by atoms with van der Waals surface area (Å²) in [5.74, 6) is 0.629. The van der Waals surface area contributed by atoms with Crippen LogP contribution in [0.2, 0.25) is 0 Å². The smallest absolute Gasteiger partial charge is 0.213 e. The van der Waals surface area contributed by atoms with Crippen molar-refractivity contribution >= 4 is 0 Å². The van der Waals surface area contributed by atoms with Crippen LogP contribution in [-0.4, -0.2) is 40.2 Å². The summed E-state index contributed by atoms with van der Waals surface area (Å²) < 4.78 is 11.6.